The molecule has 0 aliphatic heterocycles. The lowest BCUT2D eigenvalue weighted by atomic mass is 10.2. The third-order valence-corrected chi connectivity index (χ3v) is 4.58. The Kier molecular flexibility index (Phi) is 5.31. The van der Waals surface area contributed by atoms with E-state index >= 15 is 0 Å². The number of aryl methyl sites for hydroxylation is 1. The Balaban J connectivity index is 1.62. The molecule has 1 fully saturated rings. The number of benzene rings is 1. The zero-order valence-electron chi connectivity index (χ0n) is 13.4. The van der Waals surface area contributed by atoms with Gasteiger partial charge in [-0.3, -0.25) is 4.79 Å². The molecule has 1 heterocycles. The third-order valence-electron chi connectivity index (χ3n) is 4.05. The summed E-state index contributed by atoms with van der Waals surface area (Å²) in [6.07, 6.45) is 4.60. The molecular formula is C17H19Cl2N3O2. The van der Waals surface area contributed by atoms with Crippen LogP contribution in [0.2, 0.25) is 10.0 Å². The predicted molar refractivity (Wildman–Crippen MR) is 95.1 cm³/mol. The first-order chi connectivity index (χ1) is 11.5. The summed E-state index contributed by atoms with van der Waals surface area (Å²) in [5.41, 5.74) is 0.888. The van der Waals surface area contributed by atoms with Gasteiger partial charge in [0, 0.05) is 11.1 Å². The number of amides is 1. The van der Waals surface area contributed by atoms with Gasteiger partial charge in [0.25, 0.3) is 5.91 Å². The van der Waals surface area contributed by atoms with Crippen LogP contribution < -0.4 is 10.1 Å². The Morgan fingerprint density at radius 1 is 1.33 bits per heavy atom. The summed E-state index contributed by atoms with van der Waals surface area (Å²) in [6, 6.07) is 7.13. The predicted octanol–water partition coefficient (Wildman–Crippen LogP) is 4.63. The molecule has 7 heteroatoms. The van der Waals surface area contributed by atoms with Crippen molar-refractivity contribution in [1.29, 1.82) is 0 Å². The van der Waals surface area contributed by atoms with E-state index in [0.29, 0.717) is 21.8 Å². The highest BCUT2D eigenvalue weighted by Crippen LogP contribution is 2.32. The van der Waals surface area contributed by atoms with Gasteiger partial charge in [0.1, 0.15) is 11.6 Å². The van der Waals surface area contributed by atoms with Crippen LogP contribution in [0.1, 0.15) is 37.4 Å². The minimum Gasteiger partial charge on any atom is -0.482 e. The SMILES string of the molecule is Cc1cc(NC(=O)COc2ccc(Cl)cc2Cl)n(C2CCCC2)n1. The number of carbonyl (C=O) groups excluding carboxylic acids is 1. The van der Waals surface area contributed by atoms with E-state index in [2.05, 4.69) is 10.4 Å². The first-order valence-corrected chi connectivity index (χ1v) is 8.72. The molecule has 0 spiro atoms. The van der Waals surface area contributed by atoms with Crippen molar-refractivity contribution in [3.8, 4) is 5.75 Å². The maximum absolute atomic E-state index is 12.2. The number of ether oxygens (including phenoxy) is 1. The Morgan fingerprint density at radius 2 is 2.08 bits per heavy atom. The summed E-state index contributed by atoms with van der Waals surface area (Å²) in [5.74, 6) is 0.895. The van der Waals surface area contributed by atoms with Gasteiger partial charge in [0.2, 0.25) is 0 Å². The van der Waals surface area contributed by atoms with Gasteiger partial charge >= 0.3 is 0 Å². The zero-order valence-corrected chi connectivity index (χ0v) is 14.9. The van der Waals surface area contributed by atoms with E-state index in [4.69, 9.17) is 27.9 Å². The van der Waals surface area contributed by atoms with Crippen molar-refractivity contribution in [2.75, 3.05) is 11.9 Å². The van der Waals surface area contributed by atoms with Crippen molar-refractivity contribution in [2.24, 2.45) is 0 Å². The van der Waals surface area contributed by atoms with E-state index in [1.165, 1.54) is 12.8 Å². The number of nitrogens with zero attached hydrogens (tertiary/aromatic N) is 2. The van der Waals surface area contributed by atoms with E-state index in [1.54, 1.807) is 18.2 Å². The van der Waals surface area contributed by atoms with Crippen LogP contribution in [0.5, 0.6) is 5.75 Å². The summed E-state index contributed by atoms with van der Waals surface area (Å²) < 4.78 is 7.39. The first kappa shape index (κ1) is 17.1. The number of anilines is 1. The van der Waals surface area contributed by atoms with Gasteiger partial charge in [-0.15, -0.1) is 0 Å². The largest absolute Gasteiger partial charge is 0.482 e. The molecule has 0 saturated heterocycles. The molecule has 2 aromatic rings. The molecular weight excluding hydrogens is 349 g/mol. The topological polar surface area (TPSA) is 56.1 Å². The molecule has 0 unspecified atom stereocenters. The summed E-state index contributed by atoms with van der Waals surface area (Å²) in [5, 5.41) is 8.29. The van der Waals surface area contributed by atoms with Crippen LogP contribution in [0, 0.1) is 6.92 Å². The molecule has 0 atom stereocenters. The van der Waals surface area contributed by atoms with Crippen LogP contribution in [0.4, 0.5) is 5.82 Å². The third kappa shape index (κ3) is 4.02. The lowest BCUT2D eigenvalue weighted by Gasteiger charge is -2.15. The van der Waals surface area contributed by atoms with Gasteiger partial charge in [-0.1, -0.05) is 36.0 Å². The van der Waals surface area contributed by atoms with E-state index in [9.17, 15) is 4.79 Å². The second kappa shape index (κ2) is 7.45. The average Bonchev–Trinajstić information content (AvgIpc) is 3.16. The van der Waals surface area contributed by atoms with Crippen molar-refractivity contribution >= 4 is 34.9 Å². The summed E-state index contributed by atoms with van der Waals surface area (Å²) in [4.78, 5) is 12.2. The molecule has 1 aromatic heterocycles. The molecule has 24 heavy (non-hydrogen) atoms. The molecule has 1 N–H and O–H groups in total. The molecule has 3 rings (SSSR count). The molecule has 1 aliphatic carbocycles. The van der Waals surface area contributed by atoms with Gasteiger partial charge < -0.3 is 10.1 Å². The van der Waals surface area contributed by atoms with Crippen LogP contribution in [0.15, 0.2) is 24.3 Å². The second-order valence-electron chi connectivity index (χ2n) is 5.97. The molecule has 1 amide bonds. The van der Waals surface area contributed by atoms with E-state index in [1.807, 2.05) is 17.7 Å². The summed E-state index contributed by atoms with van der Waals surface area (Å²) >= 11 is 11.9. The van der Waals surface area contributed by atoms with Crippen molar-refractivity contribution in [2.45, 2.75) is 38.6 Å². The smallest absolute Gasteiger partial charge is 0.263 e. The van der Waals surface area contributed by atoms with Crippen LogP contribution in [0.25, 0.3) is 0 Å². The Hall–Kier alpha value is -1.72. The van der Waals surface area contributed by atoms with Gasteiger partial charge in [0.15, 0.2) is 6.61 Å². The molecule has 0 bridgehead atoms. The molecule has 5 nitrogen and oxygen atoms in total. The highest BCUT2D eigenvalue weighted by atomic mass is 35.5. The molecule has 1 aromatic carbocycles. The number of hydrogen-bond acceptors (Lipinski definition) is 3. The number of carbonyl (C=O) groups is 1. The summed E-state index contributed by atoms with van der Waals surface area (Å²) in [6.45, 7) is 1.79. The maximum Gasteiger partial charge on any atom is 0.263 e. The van der Waals surface area contributed by atoms with Crippen LogP contribution in [-0.4, -0.2) is 22.3 Å². The van der Waals surface area contributed by atoms with Gasteiger partial charge in [-0.2, -0.15) is 5.10 Å². The number of aromatic nitrogens is 2. The number of rotatable bonds is 5. The minimum atomic E-state index is -0.250. The number of nitrogens with one attached hydrogen (secondary N) is 1. The summed E-state index contributed by atoms with van der Waals surface area (Å²) in [7, 11) is 0. The quantitative estimate of drug-likeness (QED) is 0.837. The van der Waals surface area contributed by atoms with Gasteiger partial charge in [-0.25, -0.2) is 4.68 Å². The molecule has 1 aliphatic rings. The maximum atomic E-state index is 12.2. The molecule has 1 saturated carbocycles. The second-order valence-corrected chi connectivity index (χ2v) is 6.81. The highest BCUT2D eigenvalue weighted by molar-refractivity contribution is 6.35. The average molecular weight is 368 g/mol. The fourth-order valence-electron chi connectivity index (χ4n) is 2.95. The van der Waals surface area contributed by atoms with Crippen molar-refractivity contribution in [1.82, 2.24) is 9.78 Å². The standard InChI is InChI=1S/C17H19Cl2N3O2/c1-11-8-16(22(21-11)13-4-2-3-5-13)20-17(23)10-24-15-7-6-12(18)9-14(15)19/h6-9,13H,2-5,10H2,1H3,(H,20,23). The van der Waals surface area contributed by atoms with E-state index in [0.717, 1.165) is 24.4 Å². The zero-order chi connectivity index (χ0) is 17.1. The van der Waals surface area contributed by atoms with Crippen LogP contribution >= 0.6 is 23.2 Å². The van der Waals surface area contributed by atoms with Gasteiger partial charge in [-0.05, 0) is 38.0 Å². The lowest BCUT2D eigenvalue weighted by molar-refractivity contribution is -0.118. The van der Waals surface area contributed by atoms with Crippen LogP contribution in [-0.2, 0) is 4.79 Å². The van der Waals surface area contributed by atoms with Crippen molar-refractivity contribution < 1.29 is 9.53 Å². The highest BCUT2D eigenvalue weighted by Gasteiger charge is 2.21. The van der Waals surface area contributed by atoms with Gasteiger partial charge in [0.05, 0.1) is 16.8 Å². The first-order valence-electron chi connectivity index (χ1n) is 7.97. The Morgan fingerprint density at radius 3 is 2.79 bits per heavy atom. The number of hydrogen-bond donors (Lipinski definition) is 1. The lowest BCUT2D eigenvalue weighted by Crippen LogP contribution is -2.23. The fraction of sp³-hybridized carbons (Fsp3) is 0.412. The molecule has 0 radical (unpaired) electrons. The monoisotopic (exact) mass is 367 g/mol. The van der Waals surface area contributed by atoms with Crippen LogP contribution in [0.3, 0.4) is 0 Å². The van der Waals surface area contributed by atoms with Crippen molar-refractivity contribution in [3.63, 3.8) is 0 Å². The molecule has 128 valence electrons. The minimum absolute atomic E-state index is 0.129. The fourth-order valence-corrected chi connectivity index (χ4v) is 3.41. The normalized spacial score (nSPS) is 14.8. The number of halogens is 2. The van der Waals surface area contributed by atoms with E-state index in [-0.39, 0.29) is 12.5 Å². The van der Waals surface area contributed by atoms with Crippen molar-refractivity contribution in [3.05, 3.63) is 40.0 Å². The Bertz CT molecular complexity index is 739. The Labute approximate surface area is 150 Å². The van der Waals surface area contributed by atoms with E-state index < -0.39 is 0 Å².